The van der Waals surface area contributed by atoms with Crippen LogP contribution in [-0.4, -0.2) is 42.3 Å². The summed E-state index contributed by atoms with van der Waals surface area (Å²) in [5, 5.41) is 3.44. The quantitative estimate of drug-likeness (QED) is 0.686. The van der Waals surface area contributed by atoms with Gasteiger partial charge in [-0.3, -0.25) is 4.98 Å². The zero-order chi connectivity index (χ0) is 13.5. The van der Waals surface area contributed by atoms with Gasteiger partial charge in [-0.05, 0) is 26.7 Å². The van der Waals surface area contributed by atoms with Gasteiger partial charge in [-0.2, -0.15) is 0 Å². The molecule has 106 valence electrons. The lowest BCUT2D eigenvalue weighted by Gasteiger charge is -2.21. The number of hydrogen-bond acceptors (Lipinski definition) is 5. The summed E-state index contributed by atoms with van der Waals surface area (Å²) in [5.41, 5.74) is 1.01. The van der Waals surface area contributed by atoms with E-state index >= 15 is 0 Å². The first kappa shape index (κ1) is 14.2. The summed E-state index contributed by atoms with van der Waals surface area (Å²) in [6.07, 6.45) is 6.33. The minimum absolute atomic E-state index is 0.708. The van der Waals surface area contributed by atoms with E-state index in [1.807, 2.05) is 19.3 Å². The van der Waals surface area contributed by atoms with Crippen molar-refractivity contribution in [3.63, 3.8) is 0 Å². The average Bonchev–Trinajstić information content (AvgIpc) is 3.26. The molecule has 1 fully saturated rings. The molecule has 1 aliphatic carbocycles. The minimum atomic E-state index is 0.708. The fraction of sp³-hybridized carbons (Fsp3) is 0.714. The highest BCUT2D eigenvalue weighted by Gasteiger charge is 2.20. The first-order valence-electron chi connectivity index (χ1n) is 7.20. The highest BCUT2D eigenvalue weighted by atomic mass is 16.5. The van der Waals surface area contributed by atoms with Crippen molar-refractivity contribution < 1.29 is 4.74 Å². The van der Waals surface area contributed by atoms with E-state index < -0.39 is 0 Å². The third-order valence-electron chi connectivity index (χ3n) is 3.26. The molecular formula is C14H24N4O. The molecule has 0 amide bonds. The van der Waals surface area contributed by atoms with Crippen molar-refractivity contribution in [2.45, 2.75) is 39.3 Å². The number of anilines is 1. The molecule has 5 heteroatoms. The van der Waals surface area contributed by atoms with Gasteiger partial charge in [0.05, 0.1) is 24.7 Å². The summed E-state index contributed by atoms with van der Waals surface area (Å²) in [5.74, 6) is 0.928. The Morgan fingerprint density at radius 2 is 2.16 bits per heavy atom. The molecule has 19 heavy (non-hydrogen) atoms. The van der Waals surface area contributed by atoms with Gasteiger partial charge in [0.15, 0.2) is 0 Å². The largest absolute Gasteiger partial charge is 0.380 e. The van der Waals surface area contributed by atoms with E-state index in [0.29, 0.717) is 6.04 Å². The van der Waals surface area contributed by atoms with E-state index in [1.54, 1.807) is 0 Å². The van der Waals surface area contributed by atoms with E-state index in [1.165, 1.54) is 12.8 Å². The third-order valence-corrected chi connectivity index (χ3v) is 3.26. The van der Waals surface area contributed by atoms with Crippen LogP contribution in [-0.2, 0) is 11.3 Å². The smallest absolute Gasteiger partial charge is 0.147 e. The Hall–Kier alpha value is -1.20. The fourth-order valence-electron chi connectivity index (χ4n) is 1.89. The Labute approximate surface area is 115 Å². The Morgan fingerprint density at radius 1 is 1.32 bits per heavy atom. The second-order valence-corrected chi connectivity index (χ2v) is 4.80. The summed E-state index contributed by atoms with van der Waals surface area (Å²) >= 11 is 0. The fourth-order valence-corrected chi connectivity index (χ4v) is 1.89. The monoisotopic (exact) mass is 264 g/mol. The molecule has 1 N–H and O–H groups in total. The molecule has 1 aliphatic rings. The second kappa shape index (κ2) is 7.40. The molecule has 0 spiro atoms. The summed E-state index contributed by atoms with van der Waals surface area (Å²) in [6, 6.07) is 0.708. The molecule has 1 saturated carbocycles. The lowest BCUT2D eigenvalue weighted by atomic mass is 10.4. The van der Waals surface area contributed by atoms with Gasteiger partial charge in [0.25, 0.3) is 0 Å². The molecule has 0 radical (unpaired) electrons. The van der Waals surface area contributed by atoms with Gasteiger partial charge < -0.3 is 15.0 Å². The molecule has 1 heterocycles. The summed E-state index contributed by atoms with van der Waals surface area (Å²) < 4.78 is 5.38. The summed E-state index contributed by atoms with van der Waals surface area (Å²) in [4.78, 5) is 11.1. The number of ether oxygens (including phenoxy) is 1. The van der Waals surface area contributed by atoms with Crippen molar-refractivity contribution in [1.82, 2.24) is 15.3 Å². The third kappa shape index (κ3) is 4.76. The zero-order valence-electron chi connectivity index (χ0n) is 11.9. The maximum absolute atomic E-state index is 5.38. The molecule has 2 rings (SSSR count). The van der Waals surface area contributed by atoms with Crippen LogP contribution in [0.5, 0.6) is 0 Å². The van der Waals surface area contributed by atoms with Crippen LogP contribution in [0.3, 0.4) is 0 Å². The highest BCUT2D eigenvalue weighted by molar-refractivity contribution is 5.35. The van der Waals surface area contributed by atoms with Gasteiger partial charge in [0.2, 0.25) is 0 Å². The van der Waals surface area contributed by atoms with Crippen LogP contribution in [0.25, 0.3) is 0 Å². The predicted molar refractivity (Wildman–Crippen MR) is 76.3 cm³/mol. The van der Waals surface area contributed by atoms with Crippen LogP contribution in [0, 0.1) is 0 Å². The Bertz CT molecular complexity index is 364. The van der Waals surface area contributed by atoms with Crippen LogP contribution < -0.4 is 10.2 Å². The van der Waals surface area contributed by atoms with E-state index in [2.05, 4.69) is 27.1 Å². The number of aromatic nitrogens is 2. The molecule has 0 saturated heterocycles. The maximum atomic E-state index is 5.38. The van der Waals surface area contributed by atoms with E-state index in [4.69, 9.17) is 4.74 Å². The van der Waals surface area contributed by atoms with Crippen LogP contribution in [0.15, 0.2) is 12.4 Å². The first-order valence-corrected chi connectivity index (χ1v) is 7.20. The van der Waals surface area contributed by atoms with Gasteiger partial charge in [-0.25, -0.2) is 4.98 Å². The Balaban J connectivity index is 1.83. The van der Waals surface area contributed by atoms with Gasteiger partial charge in [0.1, 0.15) is 5.82 Å². The van der Waals surface area contributed by atoms with Crippen molar-refractivity contribution in [1.29, 1.82) is 0 Å². The number of likely N-dealkylation sites (N-methyl/N-ethyl adjacent to an activating group) is 1. The van der Waals surface area contributed by atoms with Gasteiger partial charge in [-0.1, -0.05) is 0 Å². The molecule has 0 aromatic carbocycles. The molecule has 0 bridgehead atoms. The van der Waals surface area contributed by atoms with Crippen molar-refractivity contribution in [2.75, 3.05) is 31.2 Å². The second-order valence-electron chi connectivity index (χ2n) is 4.80. The van der Waals surface area contributed by atoms with Crippen LogP contribution in [0.1, 0.15) is 32.4 Å². The lowest BCUT2D eigenvalue weighted by molar-refractivity contribution is 0.154. The van der Waals surface area contributed by atoms with Crippen molar-refractivity contribution in [3.8, 4) is 0 Å². The summed E-state index contributed by atoms with van der Waals surface area (Å²) in [7, 11) is 0. The number of rotatable bonds is 9. The van der Waals surface area contributed by atoms with E-state index in [0.717, 1.165) is 44.4 Å². The molecule has 1 aromatic rings. The number of nitrogens with one attached hydrogen (secondary N) is 1. The van der Waals surface area contributed by atoms with Crippen LogP contribution >= 0.6 is 0 Å². The average molecular weight is 264 g/mol. The van der Waals surface area contributed by atoms with E-state index in [9.17, 15) is 0 Å². The number of hydrogen-bond donors (Lipinski definition) is 1. The Morgan fingerprint density at radius 3 is 2.74 bits per heavy atom. The molecular weight excluding hydrogens is 240 g/mol. The number of nitrogens with zero attached hydrogens (tertiary/aromatic N) is 3. The molecule has 5 nitrogen and oxygen atoms in total. The molecule has 1 aromatic heterocycles. The predicted octanol–water partition coefficient (Wildman–Crippen LogP) is 1.59. The van der Waals surface area contributed by atoms with Gasteiger partial charge >= 0.3 is 0 Å². The van der Waals surface area contributed by atoms with Crippen LogP contribution in [0.2, 0.25) is 0 Å². The highest BCUT2D eigenvalue weighted by Crippen LogP contribution is 2.19. The standard InChI is InChI=1S/C14H24N4O/c1-3-18(7-8-19-4-2)14-11-16-13(10-17-14)9-15-12-5-6-12/h10-12,15H,3-9H2,1-2H3. The van der Waals surface area contributed by atoms with Gasteiger partial charge in [-0.15, -0.1) is 0 Å². The Kier molecular flexibility index (Phi) is 5.54. The SMILES string of the molecule is CCOCCN(CC)c1cnc(CNC2CC2)cn1. The maximum Gasteiger partial charge on any atom is 0.147 e. The topological polar surface area (TPSA) is 50.3 Å². The van der Waals surface area contributed by atoms with Crippen molar-refractivity contribution >= 4 is 5.82 Å². The molecule has 0 unspecified atom stereocenters. The molecule has 0 atom stereocenters. The summed E-state index contributed by atoms with van der Waals surface area (Å²) in [6.45, 7) is 8.23. The van der Waals surface area contributed by atoms with Crippen molar-refractivity contribution in [3.05, 3.63) is 18.1 Å². The zero-order valence-corrected chi connectivity index (χ0v) is 11.9. The lowest BCUT2D eigenvalue weighted by Crippen LogP contribution is -2.28. The van der Waals surface area contributed by atoms with Crippen LogP contribution in [0.4, 0.5) is 5.82 Å². The van der Waals surface area contributed by atoms with Gasteiger partial charge in [0, 0.05) is 32.3 Å². The minimum Gasteiger partial charge on any atom is -0.380 e. The van der Waals surface area contributed by atoms with E-state index in [-0.39, 0.29) is 0 Å². The molecule has 0 aliphatic heterocycles. The first-order chi connectivity index (χ1) is 9.33. The van der Waals surface area contributed by atoms with Crippen molar-refractivity contribution in [2.24, 2.45) is 0 Å². The normalized spacial score (nSPS) is 14.6.